The van der Waals surface area contributed by atoms with Crippen molar-refractivity contribution >= 4 is 5.78 Å². The van der Waals surface area contributed by atoms with E-state index in [1.807, 2.05) is 6.92 Å². The Morgan fingerprint density at radius 2 is 1.74 bits per heavy atom. The van der Waals surface area contributed by atoms with Gasteiger partial charge in [0, 0.05) is 38.6 Å². The van der Waals surface area contributed by atoms with E-state index in [-0.39, 0.29) is 5.92 Å². The first-order chi connectivity index (χ1) is 9.07. The van der Waals surface area contributed by atoms with Crippen LogP contribution in [0.3, 0.4) is 0 Å². The van der Waals surface area contributed by atoms with E-state index in [9.17, 15) is 4.79 Å². The maximum atomic E-state index is 13.0. The molecule has 0 spiro atoms. The average molecular weight is 268 g/mol. The van der Waals surface area contributed by atoms with Gasteiger partial charge >= 0.3 is 0 Å². The lowest BCUT2D eigenvalue weighted by atomic mass is 9.70. The molecule has 0 N–H and O–H groups in total. The molecule has 1 saturated carbocycles. The second-order valence-corrected chi connectivity index (χ2v) is 6.52. The van der Waals surface area contributed by atoms with Crippen LogP contribution in [-0.4, -0.2) is 31.2 Å². The topological polar surface area (TPSA) is 35.5 Å². The zero-order valence-electron chi connectivity index (χ0n) is 12.6. The van der Waals surface area contributed by atoms with E-state index < -0.39 is 5.60 Å². The maximum Gasteiger partial charge on any atom is 0.167 e. The second kappa shape index (κ2) is 6.36. The zero-order chi connectivity index (χ0) is 13.9. The summed E-state index contributed by atoms with van der Waals surface area (Å²) in [7, 11) is 0. The number of rotatable bonds is 4. The van der Waals surface area contributed by atoms with Gasteiger partial charge in [0.2, 0.25) is 0 Å². The molecule has 1 heterocycles. The highest BCUT2D eigenvalue weighted by atomic mass is 16.5. The smallest absolute Gasteiger partial charge is 0.167 e. The van der Waals surface area contributed by atoms with E-state index in [0.717, 1.165) is 25.7 Å². The molecule has 3 heteroatoms. The first-order valence-corrected chi connectivity index (χ1v) is 7.83. The van der Waals surface area contributed by atoms with E-state index in [1.54, 1.807) is 0 Å². The standard InChI is InChI=1S/C16H28O3/c1-4-19-16(5-7-18-8-6-16)15(17)14-10-12(2)9-13(3)11-14/h12-14H,4-11H2,1-3H3. The molecule has 2 atom stereocenters. The summed E-state index contributed by atoms with van der Waals surface area (Å²) in [6, 6.07) is 0. The molecular formula is C16H28O3. The summed E-state index contributed by atoms with van der Waals surface area (Å²) >= 11 is 0. The summed E-state index contributed by atoms with van der Waals surface area (Å²) < 4.78 is 11.3. The largest absolute Gasteiger partial charge is 0.381 e. The molecule has 0 amide bonds. The summed E-state index contributed by atoms with van der Waals surface area (Å²) in [5.74, 6) is 1.88. The Morgan fingerprint density at radius 3 is 2.26 bits per heavy atom. The van der Waals surface area contributed by atoms with Crippen LogP contribution >= 0.6 is 0 Å². The first kappa shape index (κ1) is 15.0. The Bertz CT molecular complexity index is 292. The van der Waals surface area contributed by atoms with Gasteiger partial charge in [-0.15, -0.1) is 0 Å². The number of hydrogen-bond acceptors (Lipinski definition) is 3. The number of ether oxygens (including phenoxy) is 2. The van der Waals surface area contributed by atoms with Gasteiger partial charge in [-0.1, -0.05) is 13.8 Å². The monoisotopic (exact) mass is 268 g/mol. The highest BCUT2D eigenvalue weighted by Gasteiger charge is 2.45. The Kier molecular flexibility index (Phi) is 5.02. The third-order valence-corrected chi connectivity index (χ3v) is 4.72. The molecule has 0 radical (unpaired) electrons. The van der Waals surface area contributed by atoms with Crippen molar-refractivity contribution in [3.05, 3.63) is 0 Å². The van der Waals surface area contributed by atoms with Crippen molar-refractivity contribution < 1.29 is 14.3 Å². The fourth-order valence-corrected chi connectivity index (χ4v) is 3.97. The molecule has 2 rings (SSSR count). The first-order valence-electron chi connectivity index (χ1n) is 7.83. The molecule has 1 aliphatic carbocycles. The maximum absolute atomic E-state index is 13.0. The molecule has 2 fully saturated rings. The van der Waals surface area contributed by atoms with E-state index in [0.29, 0.717) is 37.4 Å². The minimum absolute atomic E-state index is 0.198. The average Bonchev–Trinajstić information content (AvgIpc) is 2.38. The van der Waals surface area contributed by atoms with Crippen LogP contribution in [0, 0.1) is 17.8 Å². The lowest BCUT2D eigenvalue weighted by molar-refractivity contribution is -0.163. The molecule has 2 unspecified atom stereocenters. The van der Waals surface area contributed by atoms with Crippen molar-refractivity contribution in [2.75, 3.05) is 19.8 Å². The van der Waals surface area contributed by atoms with E-state index in [2.05, 4.69) is 13.8 Å². The normalized spacial score (nSPS) is 35.0. The predicted molar refractivity (Wildman–Crippen MR) is 75.1 cm³/mol. The molecule has 1 saturated heterocycles. The number of carbonyl (C=O) groups excluding carboxylic acids is 1. The van der Waals surface area contributed by atoms with Crippen LogP contribution in [-0.2, 0) is 14.3 Å². The highest BCUT2D eigenvalue weighted by Crippen LogP contribution is 2.38. The lowest BCUT2D eigenvalue weighted by Crippen LogP contribution is -2.50. The quantitative estimate of drug-likeness (QED) is 0.785. The van der Waals surface area contributed by atoms with Gasteiger partial charge < -0.3 is 9.47 Å². The Labute approximate surface area is 117 Å². The van der Waals surface area contributed by atoms with Crippen molar-refractivity contribution in [3.63, 3.8) is 0 Å². The third kappa shape index (κ3) is 3.38. The summed E-state index contributed by atoms with van der Waals surface area (Å²) in [5.41, 5.74) is -0.547. The van der Waals surface area contributed by atoms with Crippen LogP contribution in [0.2, 0.25) is 0 Å². The van der Waals surface area contributed by atoms with E-state index >= 15 is 0 Å². The second-order valence-electron chi connectivity index (χ2n) is 6.52. The van der Waals surface area contributed by atoms with Crippen molar-refractivity contribution in [2.45, 2.75) is 58.5 Å². The van der Waals surface area contributed by atoms with Crippen molar-refractivity contribution in [3.8, 4) is 0 Å². The molecule has 1 aliphatic heterocycles. The number of carbonyl (C=O) groups is 1. The summed E-state index contributed by atoms with van der Waals surface area (Å²) in [5, 5.41) is 0. The van der Waals surface area contributed by atoms with Crippen molar-refractivity contribution in [1.82, 2.24) is 0 Å². The molecule has 0 aromatic heterocycles. The molecule has 19 heavy (non-hydrogen) atoms. The molecule has 0 aromatic carbocycles. The fraction of sp³-hybridized carbons (Fsp3) is 0.938. The van der Waals surface area contributed by atoms with Gasteiger partial charge in [0.1, 0.15) is 5.60 Å². The molecular weight excluding hydrogens is 240 g/mol. The molecule has 110 valence electrons. The number of ketones is 1. The minimum Gasteiger partial charge on any atom is -0.381 e. The van der Waals surface area contributed by atoms with E-state index in [1.165, 1.54) is 6.42 Å². The van der Waals surface area contributed by atoms with Crippen LogP contribution in [0.4, 0.5) is 0 Å². The predicted octanol–water partition coefficient (Wildman–Crippen LogP) is 3.21. The van der Waals surface area contributed by atoms with Gasteiger partial charge in [-0.25, -0.2) is 0 Å². The summed E-state index contributed by atoms with van der Waals surface area (Å²) in [4.78, 5) is 13.0. The van der Waals surface area contributed by atoms with Crippen LogP contribution < -0.4 is 0 Å². The third-order valence-electron chi connectivity index (χ3n) is 4.72. The van der Waals surface area contributed by atoms with Crippen LogP contribution in [0.1, 0.15) is 52.9 Å². The number of hydrogen-bond donors (Lipinski definition) is 0. The van der Waals surface area contributed by atoms with Gasteiger partial charge in [0.15, 0.2) is 5.78 Å². The highest BCUT2D eigenvalue weighted by molar-refractivity contribution is 5.89. The lowest BCUT2D eigenvalue weighted by Gasteiger charge is -2.40. The van der Waals surface area contributed by atoms with Crippen LogP contribution in [0.5, 0.6) is 0 Å². The minimum atomic E-state index is -0.547. The van der Waals surface area contributed by atoms with Gasteiger partial charge in [-0.3, -0.25) is 4.79 Å². The fourth-order valence-electron chi connectivity index (χ4n) is 3.97. The van der Waals surface area contributed by atoms with Gasteiger partial charge in [0.05, 0.1) is 0 Å². The van der Waals surface area contributed by atoms with Gasteiger partial charge in [-0.2, -0.15) is 0 Å². The molecule has 2 aliphatic rings. The summed E-state index contributed by atoms with van der Waals surface area (Å²) in [6.45, 7) is 8.45. The van der Waals surface area contributed by atoms with Gasteiger partial charge in [-0.05, 0) is 38.0 Å². The van der Waals surface area contributed by atoms with E-state index in [4.69, 9.17) is 9.47 Å². The Balaban J connectivity index is 2.10. The van der Waals surface area contributed by atoms with Crippen molar-refractivity contribution in [2.24, 2.45) is 17.8 Å². The Hall–Kier alpha value is -0.410. The SMILES string of the molecule is CCOC1(C(=O)C2CC(C)CC(C)C2)CCOCC1. The summed E-state index contributed by atoms with van der Waals surface area (Å²) in [6.07, 6.45) is 4.81. The van der Waals surface area contributed by atoms with Crippen molar-refractivity contribution in [1.29, 1.82) is 0 Å². The molecule has 0 aromatic rings. The molecule has 0 bridgehead atoms. The molecule has 3 nitrogen and oxygen atoms in total. The zero-order valence-corrected chi connectivity index (χ0v) is 12.6. The number of Topliss-reactive ketones (excluding diaryl/α,β-unsaturated/α-hetero) is 1. The van der Waals surface area contributed by atoms with Gasteiger partial charge in [0.25, 0.3) is 0 Å². The van der Waals surface area contributed by atoms with Crippen LogP contribution in [0.25, 0.3) is 0 Å². The Morgan fingerprint density at radius 1 is 1.16 bits per heavy atom. The van der Waals surface area contributed by atoms with Crippen LogP contribution in [0.15, 0.2) is 0 Å².